The number of rotatable bonds is 4. The van der Waals surface area contributed by atoms with Gasteiger partial charge in [-0.05, 0) is 49.8 Å². The summed E-state index contributed by atoms with van der Waals surface area (Å²) in [4.78, 5) is 0. The second kappa shape index (κ2) is 6.43. The summed E-state index contributed by atoms with van der Waals surface area (Å²) in [6.07, 6.45) is 4.76. The van der Waals surface area contributed by atoms with Gasteiger partial charge in [-0.15, -0.1) is 0 Å². The first-order valence-electron chi connectivity index (χ1n) is 6.52. The van der Waals surface area contributed by atoms with Crippen LogP contribution in [0.2, 0.25) is 0 Å². The summed E-state index contributed by atoms with van der Waals surface area (Å²) in [5, 5.41) is 3.49. The molecule has 0 aliphatic heterocycles. The highest BCUT2D eigenvalue weighted by molar-refractivity contribution is 9.10. The predicted molar refractivity (Wildman–Crippen MR) is 79.1 cm³/mol. The van der Waals surface area contributed by atoms with Gasteiger partial charge in [0.25, 0.3) is 0 Å². The molecule has 0 aromatic heterocycles. The molecule has 3 N–H and O–H groups in total. The van der Waals surface area contributed by atoms with Gasteiger partial charge in [-0.2, -0.15) is 0 Å². The maximum Gasteiger partial charge on any atom is 0.142 e. The summed E-state index contributed by atoms with van der Waals surface area (Å²) < 4.78 is 6.42. The highest BCUT2D eigenvalue weighted by Gasteiger charge is 2.18. The summed E-state index contributed by atoms with van der Waals surface area (Å²) in [5.41, 5.74) is 6.98. The van der Waals surface area contributed by atoms with E-state index in [4.69, 9.17) is 10.5 Å². The van der Waals surface area contributed by atoms with Gasteiger partial charge < -0.3 is 15.8 Å². The summed E-state index contributed by atoms with van der Waals surface area (Å²) in [7, 11) is 1.70. The molecule has 4 heteroatoms. The van der Waals surface area contributed by atoms with E-state index in [1.165, 1.54) is 12.8 Å². The number of nitrogens with two attached hydrogens (primary N) is 1. The van der Waals surface area contributed by atoms with E-state index < -0.39 is 0 Å². The number of halogens is 1. The molecule has 3 nitrogen and oxygen atoms in total. The number of benzene rings is 1. The van der Waals surface area contributed by atoms with Crippen LogP contribution in [0.4, 0.5) is 5.69 Å². The molecule has 100 valence electrons. The molecule has 0 amide bonds. The normalized spacial score (nSPS) is 23.7. The average molecular weight is 313 g/mol. The van der Waals surface area contributed by atoms with E-state index in [1.54, 1.807) is 7.11 Å². The molecule has 2 rings (SSSR count). The lowest BCUT2D eigenvalue weighted by atomic mass is 9.86. The smallest absolute Gasteiger partial charge is 0.142 e. The van der Waals surface area contributed by atoms with E-state index in [0.29, 0.717) is 6.04 Å². The lowest BCUT2D eigenvalue weighted by Gasteiger charge is -2.26. The van der Waals surface area contributed by atoms with Gasteiger partial charge in [0, 0.05) is 17.1 Å². The van der Waals surface area contributed by atoms with Gasteiger partial charge >= 0.3 is 0 Å². The van der Waals surface area contributed by atoms with Crippen LogP contribution in [-0.2, 0) is 0 Å². The minimum atomic E-state index is 0.418. The molecule has 1 fully saturated rings. The summed E-state index contributed by atoms with van der Waals surface area (Å²) in [5.74, 6) is 1.62. The van der Waals surface area contributed by atoms with Gasteiger partial charge in [-0.25, -0.2) is 0 Å². The Balaban J connectivity index is 1.91. The van der Waals surface area contributed by atoms with Crippen LogP contribution in [0.3, 0.4) is 0 Å². The van der Waals surface area contributed by atoms with Crippen molar-refractivity contribution < 1.29 is 4.74 Å². The Kier molecular flexibility index (Phi) is 4.89. The number of methoxy groups -OCH3 is 1. The van der Waals surface area contributed by atoms with Crippen molar-refractivity contribution in [3.8, 4) is 5.75 Å². The summed E-state index contributed by atoms with van der Waals surface area (Å²) in [6.45, 7) is 1.000. The van der Waals surface area contributed by atoms with E-state index >= 15 is 0 Å². The Labute approximate surface area is 117 Å². The van der Waals surface area contributed by atoms with Gasteiger partial charge in [0.15, 0.2) is 0 Å². The molecule has 1 saturated carbocycles. The fourth-order valence-corrected chi connectivity index (χ4v) is 2.83. The molecular formula is C14H21BrN2O. The summed E-state index contributed by atoms with van der Waals surface area (Å²) >= 11 is 3.49. The van der Waals surface area contributed by atoms with Crippen LogP contribution < -0.4 is 15.8 Å². The van der Waals surface area contributed by atoms with E-state index in [0.717, 1.165) is 41.2 Å². The van der Waals surface area contributed by atoms with E-state index in [-0.39, 0.29) is 0 Å². The topological polar surface area (TPSA) is 47.3 Å². The first-order chi connectivity index (χ1) is 8.69. The Bertz CT molecular complexity index is 389. The molecular weight excluding hydrogens is 292 g/mol. The average Bonchev–Trinajstić information content (AvgIpc) is 2.38. The number of hydrogen-bond donors (Lipinski definition) is 2. The second-order valence-corrected chi connectivity index (χ2v) is 5.92. The standard InChI is InChI=1S/C14H21BrN2O/c1-18-14-7-4-11(15)8-13(14)17-9-10-2-5-12(16)6-3-10/h4,7-8,10,12,17H,2-3,5-6,9,16H2,1H3. The van der Waals surface area contributed by atoms with Gasteiger partial charge in [-0.1, -0.05) is 15.9 Å². The molecule has 0 heterocycles. The molecule has 0 bridgehead atoms. The lowest BCUT2D eigenvalue weighted by Crippen LogP contribution is -2.29. The highest BCUT2D eigenvalue weighted by atomic mass is 79.9. The Morgan fingerprint density at radius 1 is 1.33 bits per heavy atom. The SMILES string of the molecule is COc1ccc(Br)cc1NCC1CCC(N)CC1. The predicted octanol–water partition coefficient (Wildman–Crippen LogP) is 3.39. The number of hydrogen-bond acceptors (Lipinski definition) is 3. The largest absolute Gasteiger partial charge is 0.495 e. The van der Waals surface area contributed by atoms with Gasteiger partial charge in [0.05, 0.1) is 12.8 Å². The van der Waals surface area contributed by atoms with Crippen LogP contribution in [-0.4, -0.2) is 19.7 Å². The third-order valence-corrected chi connectivity index (χ3v) is 4.13. The van der Waals surface area contributed by atoms with E-state index in [2.05, 4.69) is 27.3 Å². The highest BCUT2D eigenvalue weighted by Crippen LogP contribution is 2.29. The zero-order valence-corrected chi connectivity index (χ0v) is 12.4. The van der Waals surface area contributed by atoms with Crippen LogP contribution in [0.15, 0.2) is 22.7 Å². The van der Waals surface area contributed by atoms with E-state index in [1.807, 2.05) is 12.1 Å². The zero-order chi connectivity index (χ0) is 13.0. The number of anilines is 1. The molecule has 1 aromatic carbocycles. The Morgan fingerprint density at radius 2 is 2.06 bits per heavy atom. The monoisotopic (exact) mass is 312 g/mol. The summed E-state index contributed by atoms with van der Waals surface area (Å²) in [6, 6.07) is 6.45. The Hall–Kier alpha value is -0.740. The maximum atomic E-state index is 5.92. The van der Waals surface area contributed by atoms with Crippen molar-refractivity contribution >= 4 is 21.6 Å². The van der Waals surface area contributed by atoms with Crippen molar-refractivity contribution in [1.29, 1.82) is 0 Å². The quantitative estimate of drug-likeness (QED) is 0.896. The molecule has 1 aliphatic carbocycles. The van der Waals surface area contributed by atoms with Crippen LogP contribution in [0.1, 0.15) is 25.7 Å². The first-order valence-corrected chi connectivity index (χ1v) is 7.31. The third-order valence-electron chi connectivity index (χ3n) is 3.63. The van der Waals surface area contributed by atoms with Crippen molar-refractivity contribution in [2.75, 3.05) is 19.0 Å². The maximum absolute atomic E-state index is 5.92. The lowest BCUT2D eigenvalue weighted by molar-refractivity contribution is 0.338. The number of nitrogens with one attached hydrogen (secondary N) is 1. The molecule has 0 atom stereocenters. The zero-order valence-electron chi connectivity index (χ0n) is 10.8. The van der Waals surface area contributed by atoms with Crippen LogP contribution in [0, 0.1) is 5.92 Å². The van der Waals surface area contributed by atoms with Crippen LogP contribution in [0.25, 0.3) is 0 Å². The second-order valence-electron chi connectivity index (χ2n) is 5.01. The molecule has 0 spiro atoms. The molecule has 1 aromatic rings. The minimum Gasteiger partial charge on any atom is -0.495 e. The number of ether oxygens (including phenoxy) is 1. The first kappa shape index (κ1) is 13.7. The van der Waals surface area contributed by atoms with Crippen molar-refractivity contribution in [3.05, 3.63) is 22.7 Å². The van der Waals surface area contributed by atoms with Crippen molar-refractivity contribution in [1.82, 2.24) is 0 Å². The Morgan fingerprint density at radius 3 is 2.72 bits per heavy atom. The van der Waals surface area contributed by atoms with Crippen LogP contribution in [0.5, 0.6) is 5.75 Å². The van der Waals surface area contributed by atoms with Crippen molar-refractivity contribution in [2.45, 2.75) is 31.7 Å². The fourth-order valence-electron chi connectivity index (χ4n) is 2.47. The van der Waals surface area contributed by atoms with Gasteiger partial charge in [-0.3, -0.25) is 0 Å². The van der Waals surface area contributed by atoms with Crippen molar-refractivity contribution in [2.24, 2.45) is 11.7 Å². The van der Waals surface area contributed by atoms with Crippen LogP contribution >= 0.6 is 15.9 Å². The minimum absolute atomic E-state index is 0.418. The van der Waals surface area contributed by atoms with E-state index in [9.17, 15) is 0 Å². The van der Waals surface area contributed by atoms with Gasteiger partial charge in [0.1, 0.15) is 5.75 Å². The van der Waals surface area contributed by atoms with Crippen molar-refractivity contribution in [3.63, 3.8) is 0 Å². The molecule has 0 saturated heterocycles. The third kappa shape index (κ3) is 3.62. The molecule has 1 aliphatic rings. The molecule has 0 unspecified atom stereocenters. The molecule has 18 heavy (non-hydrogen) atoms. The molecule has 0 radical (unpaired) electrons. The van der Waals surface area contributed by atoms with Gasteiger partial charge in [0.2, 0.25) is 0 Å². The fraction of sp³-hybridized carbons (Fsp3) is 0.571.